The third-order valence-corrected chi connectivity index (χ3v) is 4.92. The number of aldehydes is 1. The van der Waals surface area contributed by atoms with Crippen LogP contribution >= 0.6 is 0 Å². The monoisotopic (exact) mass is 334 g/mol. The third kappa shape index (κ3) is 3.51. The molecule has 24 heavy (non-hydrogen) atoms. The van der Waals surface area contributed by atoms with Gasteiger partial charge in [0.2, 0.25) is 5.91 Å². The van der Waals surface area contributed by atoms with E-state index in [1.54, 1.807) is 18.4 Å². The van der Waals surface area contributed by atoms with E-state index in [1.165, 1.54) is 0 Å². The predicted octanol–water partition coefficient (Wildman–Crippen LogP) is 0.617. The van der Waals surface area contributed by atoms with E-state index >= 15 is 0 Å². The number of hydrogen-bond donors (Lipinski definition) is 2. The molecule has 0 spiro atoms. The molecule has 7 nitrogen and oxygen atoms in total. The Morgan fingerprint density at radius 1 is 1.38 bits per heavy atom. The van der Waals surface area contributed by atoms with E-state index in [9.17, 15) is 14.4 Å². The van der Waals surface area contributed by atoms with Gasteiger partial charge in [-0.1, -0.05) is 6.92 Å². The van der Waals surface area contributed by atoms with Crippen LogP contribution in [0.5, 0.6) is 0 Å². The van der Waals surface area contributed by atoms with Gasteiger partial charge in [0.05, 0.1) is 11.3 Å². The highest BCUT2D eigenvalue weighted by atomic mass is 16.2. The molecular weight excluding hydrogens is 308 g/mol. The van der Waals surface area contributed by atoms with Gasteiger partial charge in [-0.05, 0) is 45.3 Å². The number of carbonyl (C=O) groups excluding carboxylic acids is 3. The third-order valence-electron chi connectivity index (χ3n) is 4.92. The summed E-state index contributed by atoms with van der Waals surface area (Å²) in [4.78, 5) is 37.6. The lowest BCUT2D eigenvalue weighted by atomic mass is 10.1. The predicted molar refractivity (Wildman–Crippen MR) is 91.1 cm³/mol. The van der Waals surface area contributed by atoms with Crippen LogP contribution in [-0.4, -0.2) is 53.2 Å². The van der Waals surface area contributed by atoms with E-state index in [4.69, 9.17) is 5.73 Å². The van der Waals surface area contributed by atoms with E-state index in [2.05, 4.69) is 17.1 Å². The number of hydrogen-bond acceptors (Lipinski definition) is 4. The van der Waals surface area contributed by atoms with Gasteiger partial charge in [0.15, 0.2) is 6.29 Å². The highest BCUT2D eigenvalue weighted by molar-refractivity contribution is 5.98. The van der Waals surface area contributed by atoms with Crippen molar-refractivity contribution >= 4 is 18.1 Å². The summed E-state index contributed by atoms with van der Waals surface area (Å²) in [5.74, 6) is -0.757. The van der Waals surface area contributed by atoms with Gasteiger partial charge in [0.25, 0.3) is 5.91 Å². The van der Waals surface area contributed by atoms with Crippen molar-refractivity contribution < 1.29 is 14.4 Å². The number of aromatic nitrogens is 1. The summed E-state index contributed by atoms with van der Waals surface area (Å²) in [5, 5.41) is 2.94. The molecule has 1 aliphatic heterocycles. The minimum Gasteiger partial charge on any atom is -0.366 e. The van der Waals surface area contributed by atoms with E-state index in [1.807, 2.05) is 0 Å². The molecule has 1 saturated heterocycles. The number of likely N-dealkylation sites (N-methyl/N-ethyl adjacent to an activating group) is 1. The molecule has 7 heteroatoms. The molecule has 2 amide bonds. The SMILES string of the molecule is CCN1CCCC1CNC(=O)Cn1c(C)c(C(N)=O)c(C)c1C=O. The number of amides is 2. The molecular formula is C17H26N4O3. The average Bonchev–Trinajstić information content (AvgIpc) is 3.08. The number of nitrogens with zero attached hydrogens (tertiary/aromatic N) is 2. The fourth-order valence-corrected chi connectivity index (χ4v) is 3.61. The highest BCUT2D eigenvalue weighted by Gasteiger charge is 2.24. The maximum atomic E-state index is 12.3. The van der Waals surface area contributed by atoms with Crippen LogP contribution in [0.25, 0.3) is 0 Å². The zero-order valence-electron chi connectivity index (χ0n) is 14.6. The Kier molecular flexibility index (Phi) is 5.77. The number of likely N-dealkylation sites (tertiary alicyclic amines) is 1. The van der Waals surface area contributed by atoms with Gasteiger partial charge < -0.3 is 15.6 Å². The van der Waals surface area contributed by atoms with Crippen LogP contribution in [0.1, 0.15) is 51.9 Å². The van der Waals surface area contributed by atoms with Crippen molar-refractivity contribution in [2.75, 3.05) is 19.6 Å². The number of primary amides is 1. The molecule has 1 aromatic heterocycles. The van der Waals surface area contributed by atoms with Gasteiger partial charge in [0, 0.05) is 18.3 Å². The summed E-state index contributed by atoms with van der Waals surface area (Å²) < 4.78 is 1.56. The lowest BCUT2D eigenvalue weighted by molar-refractivity contribution is -0.121. The van der Waals surface area contributed by atoms with E-state index < -0.39 is 5.91 Å². The lowest BCUT2D eigenvalue weighted by Crippen LogP contribution is -2.41. The Balaban J connectivity index is 2.07. The number of nitrogens with two attached hydrogens (primary N) is 1. The molecule has 3 N–H and O–H groups in total. The molecule has 2 heterocycles. The maximum absolute atomic E-state index is 12.3. The first kappa shape index (κ1) is 18.2. The molecule has 1 aromatic rings. The van der Waals surface area contributed by atoms with Crippen molar-refractivity contribution in [3.8, 4) is 0 Å². The molecule has 1 fully saturated rings. The van der Waals surface area contributed by atoms with Gasteiger partial charge >= 0.3 is 0 Å². The topological polar surface area (TPSA) is 97.4 Å². The first-order chi connectivity index (χ1) is 11.4. The van der Waals surface area contributed by atoms with E-state index in [0.29, 0.717) is 41.4 Å². The normalized spacial score (nSPS) is 17.9. The van der Waals surface area contributed by atoms with Gasteiger partial charge in [-0.15, -0.1) is 0 Å². The zero-order chi connectivity index (χ0) is 17.9. The Bertz CT molecular complexity index is 651. The van der Waals surface area contributed by atoms with Crippen molar-refractivity contribution in [2.24, 2.45) is 5.73 Å². The Morgan fingerprint density at radius 3 is 2.67 bits per heavy atom. The smallest absolute Gasteiger partial charge is 0.250 e. The Morgan fingerprint density at radius 2 is 2.08 bits per heavy atom. The van der Waals surface area contributed by atoms with E-state index in [-0.39, 0.29) is 12.5 Å². The van der Waals surface area contributed by atoms with Gasteiger partial charge in [-0.25, -0.2) is 0 Å². The molecule has 1 atom stereocenters. The Hall–Kier alpha value is -2.15. The standard InChI is InChI=1S/C17H26N4O3/c1-4-20-7-5-6-13(20)8-19-15(23)9-21-12(3)16(17(18)24)11(2)14(21)10-22/h10,13H,4-9H2,1-3H3,(H2,18,24)(H,19,23). The largest absolute Gasteiger partial charge is 0.366 e. The first-order valence-corrected chi connectivity index (χ1v) is 8.36. The van der Waals surface area contributed by atoms with Crippen molar-refractivity contribution in [3.05, 3.63) is 22.5 Å². The molecule has 1 aliphatic rings. The quantitative estimate of drug-likeness (QED) is 0.714. The number of rotatable bonds is 7. The van der Waals surface area contributed by atoms with E-state index in [0.717, 1.165) is 25.9 Å². The molecule has 1 unspecified atom stereocenters. The molecule has 0 bridgehead atoms. The van der Waals surface area contributed by atoms with Crippen LogP contribution in [0.4, 0.5) is 0 Å². The second kappa shape index (κ2) is 7.61. The first-order valence-electron chi connectivity index (χ1n) is 8.36. The zero-order valence-corrected chi connectivity index (χ0v) is 14.6. The molecule has 0 aromatic carbocycles. The summed E-state index contributed by atoms with van der Waals surface area (Å²) in [5.41, 5.74) is 7.10. The summed E-state index contributed by atoms with van der Waals surface area (Å²) in [6.07, 6.45) is 2.90. The van der Waals surface area contributed by atoms with Crippen molar-refractivity contribution in [1.29, 1.82) is 0 Å². The lowest BCUT2D eigenvalue weighted by Gasteiger charge is -2.23. The minimum absolute atomic E-state index is 0.00682. The summed E-state index contributed by atoms with van der Waals surface area (Å²) >= 11 is 0. The van der Waals surface area contributed by atoms with Gasteiger partial charge in [-0.2, -0.15) is 0 Å². The summed E-state index contributed by atoms with van der Waals surface area (Å²) in [6, 6.07) is 0.373. The number of carbonyl (C=O) groups is 3. The van der Waals surface area contributed by atoms with Crippen molar-refractivity contribution in [1.82, 2.24) is 14.8 Å². The van der Waals surface area contributed by atoms with Crippen molar-refractivity contribution in [2.45, 2.75) is 46.2 Å². The highest BCUT2D eigenvalue weighted by Crippen LogP contribution is 2.20. The minimum atomic E-state index is -0.586. The van der Waals surface area contributed by atoms with Gasteiger partial charge in [0.1, 0.15) is 6.54 Å². The number of nitrogens with one attached hydrogen (secondary N) is 1. The van der Waals surface area contributed by atoms with Crippen LogP contribution in [0.3, 0.4) is 0 Å². The summed E-state index contributed by atoms with van der Waals surface area (Å²) in [6.45, 7) is 8.15. The molecule has 0 aliphatic carbocycles. The molecule has 0 radical (unpaired) electrons. The van der Waals surface area contributed by atoms with Crippen LogP contribution < -0.4 is 11.1 Å². The van der Waals surface area contributed by atoms with Crippen LogP contribution in [0.2, 0.25) is 0 Å². The Labute approximate surface area is 142 Å². The second-order valence-electron chi connectivity index (χ2n) is 6.27. The van der Waals surface area contributed by atoms with Crippen molar-refractivity contribution in [3.63, 3.8) is 0 Å². The van der Waals surface area contributed by atoms with Crippen LogP contribution in [0.15, 0.2) is 0 Å². The fraction of sp³-hybridized carbons (Fsp3) is 0.588. The molecule has 2 rings (SSSR count). The molecule has 132 valence electrons. The van der Waals surface area contributed by atoms with Crippen LogP contribution in [-0.2, 0) is 11.3 Å². The maximum Gasteiger partial charge on any atom is 0.250 e. The average molecular weight is 334 g/mol. The summed E-state index contributed by atoms with van der Waals surface area (Å²) in [7, 11) is 0. The fourth-order valence-electron chi connectivity index (χ4n) is 3.61. The van der Waals surface area contributed by atoms with Gasteiger partial charge in [-0.3, -0.25) is 19.3 Å². The van der Waals surface area contributed by atoms with Crippen LogP contribution in [0, 0.1) is 13.8 Å². The molecule has 0 saturated carbocycles. The second-order valence-corrected chi connectivity index (χ2v) is 6.27.